The van der Waals surface area contributed by atoms with Crippen molar-refractivity contribution in [1.82, 2.24) is 5.32 Å². The molecule has 0 bridgehead atoms. The van der Waals surface area contributed by atoms with E-state index >= 15 is 0 Å². The summed E-state index contributed by atoms with van der Waals surface area (Å²) >= 11 is 3.52. The summed E-state index contributed by atoms with van der Waals surface area (Å²) in [5.41, 5.74) is 7.88. The molecule has 4 nitrogen and oxygen atoms in total. The van der Waals surface area contributed by atoms with Gasteiger partial charge in [0, 0.05) is 10.9 Å². The van der Waals surface area contributed by atoms with Crippen LogP contribution in [0, 0.1) is 0 Å². The van der Waals surface area contributed by atoms with Crippen molar-refractivity contribution in [2.45, 2.75) is 17.9 Å². The average molecular weight is 513 g/mol. The van der Waals surface area contributed by atoms with E-state index in [0.717, 1.165) is 26.7 Å². The minimum Gasteiger partial charge on any atom is -0.368 e. The molecule has 34 heavy (non-hydrogen) atoms. The molecule has 0 unspecified atom stereocenters. The number of halogens is 1. The summed E-state index contributed by atoms with van der Waals surface area (Å²) in [7, 11) is 0. The van der Waals surface area contributed by atoms with E-state index < -0.39 is 17.4 Å². The smallest absolute Gasteiger partial charge is 0.240 e. The van der Waals surface area contributed by atoms with Crippen LogP contribution in [0.1, 0.15) is 22.3 Å². The normalized spacial score (nSPS) is 12.0. The molecule has 0 aliphatic heterocycles. The molecule has 5 heteroatoms. The molecule has 0 saturated heterocycles. The van der Waals surface area contributed by atoms with Crippen LogP contribution >= 0.6 is 15.9 Å². The largest absolute Gasteiger partial charge is 0.368 e. The lowest BCUT2D eigenvalue weighted by atomic mass is 9.68. The predicted molar refractivity (Wildman–Crippen MR) is 138 cm³/mol. The summed E-state index contributed by atoms with van der Waals surface area (Å²) in [6.07, 6.45) is 0.275. The van der Waals surface area contributed by atoms with E-state index in [1.807, 2.05) is 115 Å². The molecule has 1 atom stereocenters. The predicted octanol–water partition coefficient (Wildman–Crippen LogP) is 5.00. The number of carbonyl (C=O) groups excluding carboxylic acids is 2. The highest BCUT2D eigenvalue weighted by molar-refractivity contribution is 9.10. The van der Waals surface area contributed by atoms with Crippen LogP contribution in [0.5, 0.6) is 0 Å². The highest BCUT2D eigenvalue weighted by atomic mass is 79.9. The van der Waals surface area contributed by atoms with E-state index in [4.69, 9.17) is 5.73 Å². The van der Waals surface area contributed by atoms with Gasteiger partial charge >= 0.3 is 0 Å². The first-order valence-corrected chi connectivity index (χ1v) is 11.8. The van der Waals surface area contributed by atoms with Gasteiger partial charge in [-0.3, -0.25) is 9.59 Å². The van der Waals surface area contributed by atoms with Crippen LogP contribution in [0.15, 0.2) is 120 Å². The maximum atomic E-state index is 14.3. The van der Waals surface area contributed by atoms with Crippen molar-refractivity contribution >= 4 is 27.7 Å². The van der Waals surface area contributed by atoms with Crippen LogP contribution in [0.3, 0.4) is 0 Å². The van der Waals surface area contributed by atoms with E-state index in [2.05, 4.69) is 21.2 Å². The Kier molecular flexibility index (Phi) is 7.24. The zero-order chi connectivity index (χ0) is 24.0. The van der Waals surface area contributed by atoms with Crippen LogP contribution in [-0.2, 0) is 21.4 Å². The van der Waals surface area contributed by atoms with E-state index in [0.29, 0.717) is 0 Å². The standard InChI is InChI=1S/C29H25BrN2O2/c30-25-19-11-10-12-21(25)20-26(27(31)33)32-28(34)29(22-13-4-1-5-14-22,23-15-6-2-7-16-23)24-17-8-3-9-18-24/h1-19,26H,20H2,(H2,31,33)(H,32,34)/t26-/m0/s1. The zero-order valence-corrected chi connectivity index (χ0v) is 20.1. The number of carbonyl (C=O) groups is 2. The maximum absolute atomic E-state index is 14.3. The van der Waals surface area contributed by atoms with Crippen LogP contribution in [0.4, 0.5) is 0 Å². The number of primary amides is 1. The third-order valence-corrected chi connectivity index (χ3v) is 6.77. The van der Waals surface area contributed by atoms with Gasteiger partial charge in [0.15, 0.2) is 0 Å². The van der Waals surface area contributed by atoms with Gasteiger partial charge in [-0.1, -0.05) is 125 Å². The van der Waals surface area contributed by atoms with Crippen molar-refractivity contribution in [3.63, 3.8) is 0 Å². The van der Waals surface area contributed by atoms with Gasteiger partial charge < -0.3 is 11.1 Å². The lowest BCUT2D eigenvalue weighted by Crippen LogP contribution is -2.54. The van der Waals surface area contributed by atoms with Crippen molar-refractivity contribution in [3.8, 4) is 0 Å². The molecule has 0 aliphatic carbocycles. The minimum atomic E-state index is -1.18. The van der Waals surface area contributed by atoms with Gasteiger partial charge in [-0.25, -0.2) is 0 Å². The van der Waals surface area contributed by atoms with Crippen LogP contribution in [-0.4, -0.2) is 17.9 Å². The fourth-order valence-corrected chi connectivity index (χ4v) is 4.78. The number of nitrogens with one attached hydrogen (secondary N) is 1. The highest BCUT2D eigenvalue weighted by Crippen LogP contribution is 2.39. The quantitative estimate of drug-likeness (QED) is 0.326. The fourth-order valence-electron chi connectivity index (χ4n) is 4.33. The molecule has 2 amide bonds. The summed E-state index contributed by atoms with van der Waals surface area (Å²) < 4.78 is 0.857. The number of benzene rings is 4. The van der Waals surface area contributed by atoms with E-state index in [1.54, 1.807) is 0 Å². The molecule has 4 rings (SSSR count). The van der Waals surface area contributed by atoms with E-state index in [9.17, 15) is 9.59 Å². The van der Waals surface area contributed by atoms with Crippen LogP contribution < -0.4 is 11.1 Å². The Hall–Kier alpha value is -3.70. The van der Waals surface area contributed by atoms with Gasteiger partial charge in [-0.15, -0.1) is 0 Å². The summed E-state index contributed by atoms with van der Waals surface area (Å²) in [6, 6.07) is 35.6. The third kappa shape index (κ3) is 4.66. The molecule has 4 aromatic carbocycles. The zero-order valence-electron chi connectivity index (χ0n) is 18.5. The Labute approximate surface area is 208 Å². The molecule has 0 aliphatic rings. The lowest BCUT2D eigenvalue weighted by Gasteiger charge is -2.35. The Bertz CT molecular complexity index is 1160. The van der Waals surface area contributed by atoms with Gasteiger partial charge in [-0.05, 0) is 28.3 Å². The summed E-state index contributed by atoms with van der Waals surface area (Å²) in [6.45, 7) is 0. The van der Waals surface area contributed by atoms with Gasteiger partial charge in [0.25, 0.3) is 0 Å². The Balaban J connectivity index is 1.85. The van der Waals surface area contributed by atoms with Crippen molar-refractivity contribution in [1.29, 1.82) is 0 Å². The Morgan fingerprint density at radius 2 is 1.12 bits per heavy atom. The monoisotopic (exact) mass is 512 g/mol. The molecule has 0 spiro atoms. The molecule has 0 aromatic heterocycles. The molecule has 0 fully saturated rings. The number of hydrogen-bond donors (Lipinski definition) is 2. The Morgan fingerprint density at radius 3 is 1.53 bits per heavy atom. The number of amides is 2. The first-order chi connectivity index (χ1) is 16.5. The molecular weight excluding hydrogens is 488 g/mol. The first-order valence-electron chi connectivity index (χ1n) is 11.0. The molecule has 0 radical (unpaired) electrons. The second kappa shape index (κ2) is 10.5. The molecule has 3 N–H and O–H groups in total. The van der Waals surface area contributed by atoms with Crippen LogP contribution in [0.2, 0.25) is 0 Å². The molecule has 4 aromatic rings. The number of nitrogens with two attached hydrogens (primary N) is 1. The van der Waals surface area contributed by atoms with Crippen molar-refractivity contribution in [2.75, 3.05) is 0 Å². The third-order valence-electron chi connectivity index (χ3n) is 5.99. The second-order valence-corrected chi connectivity index (χ2v) is 8.93. The van der Waals surface area contributed by atoms with Gasteiger partial charge in [0.2, 0.25) is 11.8 Å². The van der Waals surface area contributed by atoms with Crippen molar-refractivity contribution in [2.24, 2.45) is 5.73 Å². The van der Waals surface area contributed by atoms with Crippen molar-refractivity contribution < 1.29 is 9.59 Å². The van der Waals surface area contributed by atoms with Crippen LogP contribution in [0.25, 0.3) is 0 Å². The minimum absolute atomic E-state index is 0.275. The average Bonchev–Trinajstić information content (AvgIpc) is 2.87. The number of hydrogen-bond acceptors (Lipinski definition) is 2. The van der Waals surface area contributed by atoms with Crippen molar-refractivity contribution in [3.05, 3.63) is 142 Å². The number of rotatable bonds is 8. The SMILES string of the molecule is NC(=O)[C@H](Cc1ccccc1Br)NC(=O)C(c1ccccc1)(c1ccccc1)c1ccccc1. The van der Waals surface area contributed by atoms with E-state index in [-0.39, 0.29) is 12.3 Å². The first kappa shape index (κ1) is 23.5. The second-order valence-electron chi connectivity index (χ2n) is 8.07. The summed E-state index contributed by atoms with van der Waals surface area (Å²) in [5, 5.41) is 2.99. The van der Waals surface area contributed by atoms with E-state index in [1.165, 1.54) is 0 Å². The highest BCUT2D eigenvalue weighted by Gasteiger charge is 2.44. The molecule has 170 valence electrons. The Morgan fingerprint density at radius 1 is 0.706 bits per heavy atom. The summed E-state index contributed by atoms with van der Waals surface area (Å²) in [5.74, 6) is -0.904. The van der Waals surface area contributed by atoms with Gasteiger partial charge in [0.05, 0.1) is 0 Å². The molecule has 0 heterocycles. The summed E-state index contributed by atoms with van der Waals surface area (Å²) in [4.78, 5) is 26.8. The maximum Gasteiger partial charge on any atom is 0.240 e. The van der Waals surface area contributed by atoms with Gasteiger partial charge in [0.1, 0.15) is 11.5 Å². The molecular formula is C29H25BrN2O2. The van der Waals surface area contributed by atoms with Gasteiger partial charge in [-0.2, -0.15) is 0 Å². The molecule has 0 saturated carbocycles. The topological polar surface area (TPSA) is 72.2 Å². The lowest BCUT2D eigenvalue weighted by molar-refractivity contribution is -0.129. The fraction of sp³-hybridized carbons (Fsp3) is 0.103.